The fraction of sp³-hybridized carbons (Fsp3) is 0.333. The van der Waals surface area contributed by atoms with Gasteiger partial charge in [0.15, 0.2) is 0 Å². The van der Waals surface area contributed by atoms with E-state index in [-0.39, 0.29) is 24.2 Å². The van der Waals surface area contributed by atoms with Crippen LogP contribution >= 0.6 is 10.7 Å². The molecule has 1 atom stereocenters. The summed E-state index contributed by atoms with van der Waals surface area (Å²) in [5, 5.41) is 9.86. The highest BCUT2D eigenvalue weighted by Crippen LogP contribution is 2.30. The summed E-state index contributed by atoms with van der Waals surface area (Å²) in [5.41, 5.74) is -0.512. The van der Waals surface area contributed by atoms with E-state index in [2.05, 4.69) is 4.74 Å². The second-order valence-electron chi connectivity index (χ2n) is 4.79. The van der Waals surface area contributed by atoms with E-state index in [0.717, 1.165) is 24.1 Å². The van der Waals surface area contributed by atoms with Crippen molar-refractivity contribution in [2.24, 2.45) is 0 Å². The molecule has 0 bridgehead atoms. The third-order valence-electron chi connectivity index (χ3n) is 3.33. The number of carbonyl (C=O) groups excluding carboxylic acids is 2. The van der Waals surface area contributed by atoms with Gasteiger partial charge in [-0.3, -0.25) is 14.9 Å². The van der Waals surface area contributed by atoms with Gasteiger partial charge in [0.1, 0.15) is 5.25 Å². The van der Waals surface area contributed by atoms with Gasteiger partial charge in [0, 0.05) is 35.8 Å². The molecule has 1 aliphatic rings. The molecule has 0 aromatic heterocycles. The molecule has 2 rings (SSSR count). The van der Waals surface area contributed by atoms with Gasteiger partial charge in [0.05, 0.1) is 23.3 Å². The number of ether oxygens (including phenoxy) is 1. The lowest BCUT2D eigenvalue weighted by Crippen LogP contribution is -2.27. The summed E-state index contributed by atoms with van der Waals surface area (Å²) in [4.78, 5) is 34.9. The van der Waals surface area contributed by atoms with E-state index in [0.29, 0.717) is 0 Å². The van der Waals surface area contributed by atoms with Gasteiger partial charge in [-0.15, -0.1) is 0 Å². The van der Waals surface area contributed by atoms with Crippen LogP contribution < -0.4 is 4.90 Å². The number of non-ortho nitro benzene ring substituents is 1. The van der Waals surface area contributed by atoms with Crippen molar-refractivity contribution in [3.8, 4) is 0 Å². The summed E-state index contributed by atoms with van der Waals surface area (Å²) in [6.45, 7) is -0.244. The van der Waals surface area contributed by atoms with Gasteiger partial charge in [-0.25, -0.2) is 13.2 Å². The Morgan fingerprint density at radius 1 is 1.43 bits per heavy atom. The average molecular weight is 363 g/mol. The molecule has 1 fully saturated rings. The van der Waals surface area contributed by atoms with Crippen molar-refractivity contribution >= 4 is 43.0 Å². The van der Waals surface area contributed by atoms with E-state index in [4.69, 9.17) is 10.7 Å². The van der Waals surface area contributed by atoms with E-state index in [1.54, 1.807) is 0 Å². The first-order valence-electron chi connectivity index (χ1n) is 6.25. The van der Waals surface area contributed by atoms with Crippen LogP contribution in [0.2, 0.25) is 0 Å². The van der Waals surface area contributed by atoms with E-state index < -0.39 is 36.8 Å². The monoisotopic (exact) mass is 362 g/mol. The number of rotatable bonds is 4. The third kappa shape index (κ3) is 3.59. The van der Waals surface area contributed by atoms with Gasteiger partial charge in [0.2, 0.25) is 15.0 Å². The molecule has 23 heavy (non-hydrogen) atoms. The standard InChI is InChI=1S/C12H11ClN2O7S/c1-22-12(17)7-2-8(4-9(3-7)15(18)19)14-6-10(5-11(14)16)23(13,20)21/h2-4,10H,5-6H2,1H3. The first-order chi connectivity index (χ1) is 10.6. The predicted octanol–water partition coefficient (Wildman–Crippen LogP) is 1.06. The first-order valence-corrected chi connectivity index (χ1v) is 8.62. The number of methoxy groups -OCH3 is 1. The fourth-order valence-electron chi connectivity index (χ4n) is 2.21. The van der Waals surface area contributed by atoms with Crippen LogP contribution in [0, 0.1) is 10.1 Å². The number of anilines is 1. The van der Waals surface area contributed by atoms with Crippen molar-refractivity contribution in [2.45, 2.75) is 11.7 Å². The van der Waals surface area contributed by atoms with Crippen molar-refractivity contribution < 1.29 is 27.7 Å². The minimum Gasteiger partial charge on any atom is -0.465 e. The Labute approximate surface area is 135 Å². The molecule has 1 heterocycles. The van der Waals surface area contributed by atoms with Crippen LogP contribution in [0.5, 0.6) is 0 Å². The zero-order chi connectivity index (χ0) is 17.4. The molecule has 0 spiro atoms. The molecule has 1 aliphatic heterocycles. The average Bonchev–Trinajstić information content (AvgIpc) is 2.88. The summed E-state index contributed by atoms with van der Waals surface area (Å²) in [6, 6.07) is 3.30. The highest BCUT2D eigenvalue weighted by atomic mass is 35.7. The highest BCUT2D eigenvalue weighted by molar-refractivity contribution is 8.14. The Balaban J connectivity index is 2.46. The maximum atomic E-state index is 12.0. The Morgan fingerprint density at radius 2 is 2.09 bits per heavy atom. The van der Waals surface area contributed by atoms with Crippen molar-refractivity contribution in [1.29, 1.82) is 0 Å². The van der Waals surface area contributed by atoms with Crippen molar-refractivity contribution in [2.75, 3.05) is 18.6 Å². The SMILES string of the molecule is COC(=O)c1cc(N2CC(S(=O)(=O)Cl)CC2=O)cc([N+](=O)[O-])c1. The molecule has 0 aliphatic carbocycles. The second kappa shape index (κ2) is 6.13. The van der Waals surface area contributed by atoms with Crippen LogP contribution in [0.4, 0.5) is 11.4 Å². The van der Waals surface area contributed by atoms with Gasteiger partial charge >= 0.3 is 5.97 Å². The Hall–Kier alpha value is -2.20. The zero-order valence-corrected chi connectivity index (χ0v) is 13.3. The van der Waals surface area contributed by atoms with Crippen LogP contribution in [-0.4, -0.2) is 44.1 Å². The highest BCUT2D eigenvalue weighted by Gasteiger charge is 2.38. The molecule has 1 aromatic rings. The summed E-state index contributed by atoms with van der Waals surface area (Å²) < 4.78 is 27.2. The lowest BCUT2D eigenvalue weighted by atomic mass is 10.1. The number of esters is 1. The van der Waals surface area contributed by atoms with Crippen molar-refractivity contribution in [1.82, 2.24) is 0 Å². The van der Waals surface area contributed by atoms with Crippen LogP contribution in [-0.2, 0) is 18.6 Å². The molecule has 0 radical (unpaired) electrons. The van der Waals surface area contributed by atoms with E-state index in [1.165, 1.54) is 6.07 Å². The molecular formula is C12H11ClN2O7S. The molecule has 9 nitrogen and oxygen atoms in total. The van der Waals surface area contributed by atoms with Crippen molar-refractivity contribution in [3.63, 3.8) is 0 Å². The van der Waals surface area contributed by atoms with Gasteiger partial charge in [0.25, 0.3) is 5.69 Å². The van der Waals surface area contributed by atoms with Gasteiger partial charge in [-0.1, -0.05) is 0 Å². The molecule has 0 saturated carbocycles. The number of amides is 1. The molecule has 124 valence electrons. The maximum absolute atomic E-state index is 12.0. The van der Waals surface area contributed by atoms with E-state index >= 15 is 0 Å². The molecule has 1 saturated heterocycles. The summed E-state index contributed by atoms with van der Waals surface area (Å²) in [6.07, 6.45) is -0.331. The summed E-state index contributed by atoms with van der Waals surface area (Å²) in [7, 11) is 2.41. The fourth-order valence-corrected chi connectivity index (χ4v) is 3.23. The number of hydrogen-bond acceptors (Lipinski definition) is 7. The van der Waals surface area contributed by atoms with Gasteiger partial charge < -0.3 is 9.64 Å². The second-order valence-corrected chi connectivity index (χ2v) is 7.70. The van der Waals surface area contributed by atoms with Crippen LogP contribution in [0.1, 0.15) is 16.8 Å². The minimum absolute atomic E-state index is 0.0346. The molecular weight excluding hydrogens is 352 g/mol. The van der Waals surface area contributed by atoms with Crippen LogP contribution in [0.15, 0.2) is 18.2 Å². The quantitative estimate of drug-likeness (QED) is 0.339. The number of halogens is 1. The Bertz CT molecular complexity index is 793. The lowest BCUT2D eigenvalue weighted by Gasteiger charge is -2.16. The number of hydrogen-bond donors (Lipinski definition) is 0. The lowest BCUT2D eigenvalue weighted by molar-refractivity contribution is -0.384. The van der Waals surface area contributed by atoms with E-state index in [1.807, 2.05) is 0 Å². The smallest absolute Gasteiger partial charge is 0.338 e. The van der Waals surface area contributed by atoms with Gasteiger partial charge in [-0.05, 0) is 6.07 Å². The predicted molar refractivity (Wildman–Crippen MR) is 80.0 cm³/mol. The topological polar surface area (TPSA) is 124 Å². The third-order valence-corrected chi connectivity index (χ3v) is 5.20. The minimum atomic E-state index is -3.95. The largest absolute Gasteiger partial charge is 0.465 e. The zero-order valence-electron chi connectivity index (χ0n) is 11.8. The summed E-state index contributed by atoms with van der Waals surface area (Å²) in [5.74, 6) is -1.38. The normalized spacial score (nSPS) is 18.1. The van der Waals surface area contributed by atoms with Crippen molar-refractivity contribution in [3.05, 3.63) is 33.9 Å². The van der Waals surface area contributed by atoms with Gasteiger partial charge in [-0.2, -0.15) is 0 Å². The van der Waals surface area contributed by atoms with E-state index in [9.17, 15) is 28.1 Å². The number of nitro groups is 1. The molecule has 0 N–H and O–H groups in total. The number of carbonyl (C=O) groups is 2. The number of nitro benzene ring substituents is 1. The number of nitrogens with zero attached hydrogens (tertiary/aromatic N) is 2. The number of benzene rings is 1. The first kappa shape index (κ1) is 17.2. The van der Waals surface area contributed by atoms with Crippen LogP contribution in [0.25, 0.3) is 0 Å². The molecule has 1 unspecified atom stereocenters. The molecule has 11 heteroatoms. The summed E-state index contributed by atoms with van der Waals surface area (Å²) >= 11 is 0. The Kier molecular flexibility index (Phi) is 4.57. The maximum Gasteiger partial charge on any atom is 0.338 e. The molecule has 1 aromatic carbocycles. The Morgan fingerprint density at radius 3 is 2.57 bits per heavy atom. The van der Waals surface area contributed by atoms with Crippen LogP contribution in [0.3, 0.4) is 0 Å². The molecule has 1 amide bonds.